The SMILES string of the molecule is CC(C)Cn1cccn1. The first kappa shape index (κ1) is 6.33. The number of nitrogens with zero attached hydrogens (tertiary/aromatic N) is 2. The lowest BCUT2D eigenvalue weighted by Gasteiger charge is -2.02. The Balaban J connectivity index is 2.48. The van der Waals surface area contributed by atoms with E-state index in [1.54, 1.807) is 0 Å². The van der Waals surface area contributed by atoms with E-state index in [9.17, 15) is 0 Å². The maximum Gasteiger partial charge on any atom is 0.0489 e. The molecule has 1 rings (SSSR count). The number of rotatable bonds is 2. The Kier molecular flexibility index (Phi) is 1.88. The maximum atomic E-state index is 4.07. The van der Waals surface area contributed by atoms with Crippen LogP contribution in [0.15, 0.2) is 18.5 Å². The summed E-state index contributed by atoms with van der Waals surface area (Å²) in [6.07, 6.45) is 3.79. The zero-order valence-electron chi connectivity index (χ0n) is 5.91. The molecule has 9 heavy (non-hydrogen) atoms. The van der Waals surface area contributed by atoms with Gasteiger partial charge in [0.1, 0.15) is 0 Å². The zero-order valence-corrected chi connectivity index (χ0v) is 5.91. The lowest BCUT2D eigenvalue weighted by Crippen LogP contribution is -2.03. The summed E-state index contributed by atoms with van der Waals surface area (Å²) in [6, 6.07) is 1.95. The van der Waals surface area contributed by atoms with Gasteiger partial charge in [-0.3, -0.25) is 4.68 Å². The summed E-state index contributed by atoms with van der Waals surface area (Å²) in [6.45, 7) is 5.39. The van der Waals surface area contributed by atoms with Crippen LogP contribution in [0.5, 0.6) is 0 Å². The molecule has 0 saturated carbocycles. The van der Waals surface area contributed by atoms with E-state index >= 15 is 0 Å². The average Bonchev–Trinajstić information content (AvgIpc) is 2.15. The van der Waals surface area contributed by atoms with Gasteiger partial charge in [-0.1, -0.05) is 13.8 Å². The van der Waals surface area contributed by atoms with Crippen molar-refractivity contribution in [2.24, 2.45) is 5.92 Å². The minimum Gasteiger partial charge on any atom is -0.273 e. The molecule has 0 radical (unpaired) electrons. The summed E-state index contributed by atoms with van der Waals surface area (Å²) in [4.78, 5) is 0. The monoisotopic (exact) mass is 124 g/mol. The van der Waals surface area contributed by atoms with Crippen molar-refractivity contribution < 1.29 is 0 Å². The highest BCUT2D eigenvalue weighted by atomic mass is 15.3. The van der Waals surface area contributed by atoms with Crippen molar-refractivity contribution in [3.8, 4) is 0 Å². The van der Waals surface area contributed by atoms with Gasteiger partial charge in [0.2, 0.25) is 0 Å². The molecule has 2 nitrogen and oxygen atoms in total. The van der Waals surface area contributed by atoms with Gasteiger partial charge >= 0.3 is 0 Å². The lowest BCUT2D eigenvalue weighted by atomic mass is 10.2. The Morgan fingerprint density at radius 1 is 1.56 bits per heavy atom. The highest BCUT2D eigenvalue weighted by Gasteiger charge is 1.93. The number of hydrogen-bond acceptors (Lipinski definition) is 1. The van der Waals surface area contributed by atoms with Gasteiger partial charge in [-0.15, -0.1) is 0 Å². The molecule has 0 aliphatic rings. The Morgan fingerprint density at radius 3 is 2.78 bits per heavy atom. The molecule has 0 aliphatic carbocycles. The third-order valence-electron chi connectivity index (χ3n) is 1.11. The molecule has 0 fully saturated rings. The van der Waals surface area contributed by atoms with Crippen molar-refractivity contribution in [3.63, 3.8) is 0 Å². The second-order valence-corrected chi connectivity index (χ2v) is 2.62. The van der Waals surface area contributed by atoms with Gasteiger partial charge in [-0.05, 0) is 12.0 Å². The normalized spacial score (nSPS) is 10.6. The fourth-order valence-corrected chi connectivity index (χ4v) is 0.783. The van der Waals surface area contributed by atoms with Crippen LogP contribution in [-0.4, -0.2) is 9.78 Å². The first-order chi connectivity index (χ1) is 4.29. The molecule has 2 heteroatoms. The van der Waals surface area contributed by atoms with Crippen molar-refractivity contribution in [1.82, 2.24) is 9.78 Å². The van der Waals surface area contributed by atoms with Gasteiger partial charge in [-0.2, -0.15) is 5.10 Å². The van der Waals surface area contributed by atoms with Crippen LogP contribution < -0.4 is 0 Å². The van der Waals surface area contributed by atoms with Crippen LogP contribution in [0, 0.1) is 5.92 Å². The van der Waals surface area contributed by atoms with Crippen LogP contribution >= 0.6 is 0 Å². The fourth-order valence-electron chi connectivity index (χ4n) is 0.783. The van der Waals surface area contributed by atoms with Crippen LogP contribution in [-0.2, 0) is 6.54 Å². The minimum atomic E-state index is 0.685. The first-order valence-corrected chi connectivity index (χ1v) is 3.26. The summed E-state index contributed by atoms with van der Waals surface area (Å²) < 4.78 is 1.95. The summed E-state index contributed by atoms with van der Waals surface area (Å²) in [5.74, 6) is 0.685. The number of hydrogen-bond donors (Lipinski definition) is 0. The molecule has 1 heterocycles. The summed E-state index contributed by atoms with van der Waals surface area (Å²) in [7, 11) is 0. The molecule has 0 saturated heterocycles. The summed E-state index contributed by atoms with van der Waals surface area (Å²) in [5.41, 5.74) is 0. The summed E-state index contributed by atoms with van der Waals surface area (Å²) in [5, 5.41) is 4.07. The van der Waals surface area contributed by atoms with Crippen molar-refractivity contribution >= 4 is 0 Å². The van der Waals surface area contributed by atoms with E-state index in [1.165, 1.54) is 0 Å². The molecule has 0 atom stereocenters. The van der Waals surface area contributed by atoms with Gasteiger partial charge in [0.25, 0.3) is 0 Å². The van der Waals surface area contributed by atoms with Crippen LogP contribution in [0.4, 0.5) is 0 Å². The van der Waals surface area contributed by atoms with E-state index in [0.717, 1.165) is 6.54 Å². The van der Waals surface area contributed by atoms with Crippen molar-refractivity contribution in [3.05, 3.63) is 18.5 Å². The van der Waals surface area contributed by atoms with Crippen LogP contribution in [0.2, 0.25) is 0 Å². The molecule has 50 valence electrons. The van der Waals surface area contributed by atoms with E-state index in [0.29, 0.717) is 5.92 Å². The molecule has 0 aromatic carbocycles. The standard InChI is InChI=1S/C7H12N2/c1-7(2)6-9-5-3-4-8-9/h3-5,7H,6H2,1-2H3. The van der Waals surface area contributed by atoms with Crippen LogP contribution in [0.1, 0.15) is 13.8 Å². The molecule has 0 spiro atoms. The van der Waals surface area contributed by atoms with Crippen molar-refractivity contribution in [2.75, 3.05) is 0 Å². The predicted octanol–water partition coefficient (Wildman–Crippen LogP) is 1.54. The van der Waals surface area contributed by atoms with E-state index in [4.69, 9.17) is 0 Å². The van der Waals surface area contributed by atoms with Gasteiger partial charge in [0, 0.05) is 18.9 Å². The quantitative estimate of drug-likeness (QED) is 0.584. The van der Waals surface area contributed by atoms with E-state index in [-0.39, 0.29) is 0 Å². The molecule has 0 bridgehead atoms. The second-order valence-electron chi connectivity index (χ2n) is 2.62. The topological polar surface area (TPSA) is 17.8 Å². The molecule has 0 unspecified atom stereocenters. The van der Waals surface area contributed by atoms with Gasteiger partial charge < -0.3 is 0 Å². The van der Waals surface area contributed by atoms with E-state index in [1.807, 2.05) is 23.1 Å². The predicted molar refractivity (Wildman–Crippen MR) is 37.1 cm³/mol. The maximum absolute atomic E-state index is 4.07. The van der Waals surface area contributed by atoms with E-state index < -0.39 is 0 Å². The number of aromatic nitrogens is 2. The molecule has 1 aromatic heterocycles. The summed E-state index contributed by atoms with van der Waals surface area (Å²) >= 11 is 0. The molecular formula is C7H12N2. The Bertz CT molecular complexity index is 153. The minimum absolute atomic E-state index is 0.685. The molecule has 0 N–H and O–H groups in total. The van der Waals surface area contributed by atoms with E-state index in [2.05, 4.69) is 18.9 Å². The largest absolute Gasteiger partial charge is 0.273 e. The molecule has 1 aromatic rings. The molecule has 0 amide bonds. The third-order valence-corrected chi connectivity index (χ3v) is 1.11. The zero-order chi connectivity index (χ0) is 6.69. The highest BCUT2D eigenvalue weighted by molar-refractivity contribution is 4.77. The fraction of sp³-hybridized carbons (Fsp3) is 0.571. The third kappa shape index (κ3) is 1.88. The Hall–Kier alpha value is -0.790. The highest BCUT2D eigenvalue weighted by Crippen LogP contribution is 1.95. The smallest absolute Gasteiger partial charge is 0.0489 e. The lowest BCUT2D eigenvalue weighted by molar-refractivity contribution is 0.483. The Morgan fingerprint density at radius 2 is 2.33 bits per heavy atom. The molecular weight excluding hydrogens is 112 g/mol. The first-order valence-electron chi connectivity index (χ1n) is 3.26. The van der Waals surface area contributed by atoms with Gasteiger partial charge in [0.15, 0.2) is 0 Å². The van der Waals surface area contributed by atoms with Gasteiger partial charge in [-0.25, -0.2) is 0 Å². The van der Waals surface area contributed by atoms with Crippen molar-refractivity contribution in [2.45, 2.75) is 20.4 Å². The second kappa shape index (κ2) is 2.67. The Labute approximate surface area is 55.5 Å². The van der Waals surface area contributed by atoms with Crippen LogP contribution in [0.3, 0.4) is 0 Å². The van der Waals surface area contributed by atoms with Crippen molar-refractivity contribution in [1.29, 1.82) is 0 Å². The van der Waals surface area contributed by atoms with Gasteiger partial charge in [0.05, 0.1) is 0 Å². The average molecular weight is 124 g/mol. The van der Waals surface area contributed by atoms with Crippen LogP contribution in [0.25, 0.3) is 0 Å². The molecule has 0 aliphatic heterocycles.